The summed E-state index contributed by atoms with van der Waals surface area (Å²) in [5.74, 6) is 5.66. The number of aromatic hydroxyl groups is 2. The van der Waals surface area contributed by atoms with Crippen LogP contribution in [-0.2, 0) is 10.8 Å². The molecule has 9 rings (SSSR count). The fraction of sp³-hybridized carbons (Fsp3) is 0.778. The summed E-state index contributed by atoms with van der Waals surface area (Å²) in [6.45, 7) is 2.23. The fourth-order valence-corrected chi connectivity index (χ4v) is 10.7. The Balaban J connectivity index is 1.34. The molecule has 8 fully saturated rings. The van der Waals surface area contributed by atoms with E-state index in [4.69, 9.17) is 0 Å². The van der Waals surface area contributed by atoms with Crippen LogP contribution in [0, 0.1) is 42.4 Å². The van der Waals surface area contributed by atoms with Gasteiger partial charge in [0, 0.05) is 16.5 Å². The zero-order valence-corrected chi connectivity index (χ0v) is 17.9. The van der Waals surface area contributed by atoms with E-state index in [1.54, 1.807) is 0 Å². The standard InChI is InChI=1S/C27H36O2/c1-15-2-22(26-9-16-3-17(10-26)5-18(4-16)11-26)24(28)25(29)23(15)27-12-19-6-20(13-27)8-21(7-19)14-27/h2,16-21,28-29H,3-14H2,1H3. The quantitative estimate of drug-likeness (QED) is 0.576. The molecule has 0 amide bonds. The number of benzene rings is 1. The van der Waals surface area contributed by atoms with Gasteiger partial charge in [-0.2, -0.15) is 0 Å². The van der Waals surface area contributed by atoms with Crippen LogP contribution in [0.25, 0.3) is 0 Å². The molecular formula is C27H36O2. The molecule has 8 saturated carbocycles. The summed E-state index contributed by atoms with van der Waals surface area (Å²) in [4.78, 5) is 0. The van der Waals surface area contributed by atoms with E-state index in [0.717, 1.165) is 46.6 Å². The molecule has 1 aromatic carbocycles. The van der Waals surface area contributed by atoms with E-state index in [9.17, 15) is 10.2 Å². The number of hydrogen-bond acceptors (Lipinski definition) is 2. The van der Waals surface area contributed by atoms with Crippen molar-refractivity contribution in [3.63, 3.8) is 0 Å². The molecule has 0 heterocycles. The van der Waals surface area contributed by atoms with Gasteiger partial charge < -0.3 is 10.2 Å². The minimum absolute atomic E-state index is 0.139. The van der Waals surface area contributed by atoms with Crippen LogP contribution in [0.4, 0.5) is 0 Å². The molecule has 8 bridgehead atoms. The SMILES string of the molecule is Cc1cc(C23CC4CC(CC(C4)C2)C3)c(O)c(O)c1C12CC3CC(CC(C3)C1)C2. The smallest absolute Gasteiger partial charge is 0.161 e. The van der Waals surface area contributed by atoms with E-state index in [1.165, 1.54) is 82.6 Å². The number of phenols is 2. The lowest BCUT2D eigenvalue weighted by Crippen LogP contribution is -2.49. The first-order valence-corrected chi connectivity index (χ1v) is 12.5. The Morgan fingerprint density at radius 2 is 1.00 bits per heavy atom. The third-order valence-corrected chi connectivity index (χ3v) is 10.6. The van der Waals surface area contributed by atoms with Crippen LogP contribution in [0.5, 0.6) is 11.5 Å². The Kier molecular flexibility index (Phi) is 3.34. The van der Waals surface area contributed by atoms with Gasteiger partial charge in [-0.15, -0.1) is 0 Å². The van der Waals surface area contributed by atoms with Crippen molar-refractivity contribution in [2.75, 3.05) is 0 Å². The molecule has 1 aromatic rings. The third-order valence-electron chi connectivity index (χ3n) is 10.6. The summed E-state index contributed by atoms with van der Waals surface area (Å²) in [5, 5.41) is 22.9. The monoisotopic (exact) mass is 392 g/mol. The van der Waals surface area contributed by atoms with E-state index in [-0.39, 0.29) is 22.3 Å². The van der Waals surface area contributed by atoms with Gasteiger partial charge in [0.2, 0.25) is 0 Å². The van der Waals surface area contributed by atoms with Crippen LogP contribution >= 0.6 is 0 Å². The Morgan fingerprint density at radius 3 is 1.41 bits per heavy atom. The van der Waals surface area contributed by atoms with Gasteiger partial charge in [0.25, 0.3) is 0 Å². The van der Waals surface area contributed by atoms with Crippen LogP contribution < -0.4 is 0 Å². The summed E-state index contributed by atoms with van der Waals surface area (Å²) >= 11 is 0. The Bertz CT molecular complexity index is 810. The van der Waals surface area contributed by atoms with Gasteiger partial charge >= 0.3 is 0 Å². The zero-order chi connectivity index (χ0) is 19.5. The molecule has 0 spiro atoms. The number of aryl methyl sites for hydroxylation is 1. The van der Waals surface area contributed by atoms with Crippen molar-refractivity contribution < 1.29 is 10.2 Å². The van der Waals surface area contributed by atoms with Gasteiger partial charge in [0.15, 0.2) is 11.5 Å². The second-order valence-electron chi connectivity index (χ2n) is 12.7. The van der Waals surface area contributed by atoms with Crippen molar-refractivity contribution in [2.45, 2.75) is 94.8 Å². The van der Waals surface area contributed by atoms with Crippen molar-refractivity contribution in [1.29, 1.82) is 0 Å². The molecule has 0 radical (unpaired) electrons. The second kappa shape index (κ2) is 5.54. The lowest BCUT2D eigenvalue weighted by molar-refractivity contribution is -0.00887. The largest absolute Gasteiger partial charge is 0.504 e. The topological polar surface area (TPSA) is 40.5 Å². The first kappa shape index (κ1) is 17.5. The summed E-state index contributed by atoms with van der Waals surface area (Å²) in [6, 6.07) is 2.34. The highest BCUT2D eigenvalue weighted by Gasteiger charge is 2.55. The highest BCUT2D eigenvalue weighted by molar-refractivity contribution is 5.59. The summed E-state index contributed by atoms with van der Waals surface area (Å²) < 4.78 is 0. The van der Waals surface area contributed by atoms with Gasteiger partial charge in [-0.05, 0) is 130 Å². The minimum Gasteiger partial charge on any atom is -0.504 e. The average molecular weight is 393 g/mol. The predicted octanol–water partition coefficient (Wildman–Crippen LogP) is 6.34. The van der Waals surface area contributed by atoms with E-state index >= 15 is 0 Å². The van der Waals surface area contributed by atoms with Crippen LogP contribution in [0.2, 0.25) is 0 Å². The molecule has 0 aromatic heterocycles. The van der Waals surface area contributed by atoms with E-state index < -0.39 is 0 Å². The van der Waals surface area contributed by atoms with Crippen molar-refractivity contribution in [3.8, 4) is 11.5 Å². The Hall–Kier alpha value is -1.18. The van der Waals surface area contributed by atoms with Gasteiger partial charge in [0.1, 0.15) is 0 Å². The maximum atomic E-state index is 11.5. The normalized spacial score (nSPS) is 49.1. The molecule has 0 saturated heterocycles. The van der Waals surface area contributed by atoms with Crippen LogP contribution in [0.3, 0.4) is 0 Å². The van der Waals surface area contributed by atoms with E-state index in [1.807, 2.05) is 0 Å². The molecule has 0 unspecified atom stereocenters. The maximum Gasteiger partial charge on any atom is 0.161 e. The zero-order valence-electron chi connectivity index (χ0n) is 17.9. The molecule has 0 aliphatic heterocycles. The molecule has 156 valence electrons. The van der Waals surface area contributed by atoms with Gasteiger partial charge in [-0.25, -0.2) is 0 Å². The summed E-state index contributed by atoms with van der Waals surface area (Å²) in [6.07, 6.45) is 15.9. The molecule has 2 N–H and O–H groups in total. The third kappa shape index (κ3) is 2.30. The van der Waals surface area contributed by atoms with Gasteiger partial charge in [-0.3, -0.25) is 0 Å². The summed E-state index contributed by atoms with van der Waals surface area (Å²) in [7, 11) is 0. The van der Waals surface area contributed by atoms with Crippen molar-refractivity contribution in [1.82, 2.24) is 0 Å². The van der Waals surface area contributed by atoms with Crippen LogP contribution in [0.15, 0.2) is 6.07 Å². The predicted molar refractivity (Wildman–Crippen MR) is 114 cm³/mol. The van der Waals surface area contributed by atoms with Crippen molar-refractivity contribution >= 4 is 0 Å². The maximum absolute atomic E-state index is 11.5. The molecule has 29 heavy (non-hydrogen) atoms. The van der Waals surface area contributed by atoms with Gasteiger partial charge in [-0.1, -0.05) is 6.07 Å². The van der Waals surface area contributed by atoms with Gasteiger partial charge in [0.05, 0.1) is 0 Å². The Labute approximate surface area is 175 Å². The number of phenolic OH excluding ortho intramolecular Hbond substituents is 2. The van der Waals surface area contributed by atoms with E-state index in [0.29, 0.717) is 0 Å². The molecular weight excluding hydrogens is 356 g/mol. The molecule has 0 atom stereocenters. The van der Waals surface area contributed by atoms with Crippen LogP contribution in [0.1, 0.15) is 93.7 Å². The van der Waals surface area contributed by atoms with Crippen molar-refractivity contribution in [3.05, 3.63) is 22.8 Å². The van der Waals surface area contributed by atoms with Crippen molar-refractivity contribution in [2.24, 2.45) is 35.5 Å². The highest BCUT2D eigenvalue weighted by Crippen LogP contribution is 2.66. The first-order valence-electron chi connectivity index (χ1n) is 12.5. The first-order chi connectivity index (χ1) is 13.9. The lowest BCUT2D eigenvalue weighted by atomic mass is 9.46. The molecule has 8 aliphatic carbocycles. The fourth-order valence-electron chi connectivity index (χ4n) is 10.7. The second-order valence-corrected chi connectivity index (χ2v) is 12.7. The summed E-state index contributed by atoms with van der Waals surface area (Å²) in [5.41, 5.74) is 3.80. The lowest BCUT2D eigenvalue weighted by Gasteiger charge is -2.58. The van der Waals surface area contributed by atoms with Crippen LogP contribution in [-0.4, -0.2) is 10.2 Å². The average Bonchev–Trinajstić information content (AvgIpc) is 2.62. The molecule has 2 nitrogen and oxygen atoms in total. The highest BCUT2D eigenvalue weighted by atomic mass is 16.3. The van der Waals surface area contributed by atoms with E-state index in [2.05, 4.69) is 13.0 Å². The molecule has 8 aliphatic rings. The number of hydrogen-bond donors (Lipinski definition) is 2. The molecule has 2 heteroatoms. The Morgan fingerprint density at radius 1 is 0.621 bits per heavy atom. The number of rotatable bonds is 2. The minimum atomic E-state index is 0.139.